The van der Waals surface area contributed by atoms with Crippen LogP contribution in [-0.4, -0.2) is 47.8 Å². The van der Waals surface area contributed by atoms with Gasteiger partial charge >= 0.3 is 29.2 Å². The lowest BCUT2D eigenvalue weighted by Crippen LogP contribution is -1.81. The van der Waals surface area contributed by atoms with Crippen LogP contribution < -0.4 is 0 Å². The number of carboxylic acid groups (broad SMARTS) is 2. The van der Waals surface area contributed by atoms with Crippen molar-refractivity contribution in [3.63, 3.8) is 0 Å². The van der Waals surface area contributed by atoms with Gasteiger partial charge in [0.15, 0.2) is 0 Å². The normalized spacial score (nSPS) is 4.00. The third-order valence-electron chi connectivity index (χ3n) is 0. The summed E-state index contributed by atoms with van der Waals surface area (Å²) in [5, 5.41) is 13.9. The highest BCUT2D eigenvalue weighted by Crippen LogP contribution is 1.42. The third kappa shape index (κ3) is 3850. The largest absolute Gasteiger partial charge is 0.503 e. The number of carbonyl (C=O) groups is 1. The minimum atomic E-state index is -1.83. The van der Waals surface area contributed by atoms with Crippen molar-refractivity contribution in [3.8, 4) is 0 Å². The summed E-state index contributed by atoms with van der Waals surface area (Å²) in [5.74, 6) is 0. The summed E-state index contributed by atoms with van der Waals surface area (Å²) < 4.78 is 0. The van der Waals surface area contributed by atoms with E-state index >= 15 is 0 Å². The molecule has 0 heterocycles. The molecule has 0 aliphatic rings. The zero-order valence-electron chi connectivity index (χ0n) is 1.80. The molecule has 0 saturated carbocycles. The van der Waals surface area contributed by atoms with Crippen molar-refractivity contribution >= 4 is 37.6 Å². The molecule has 0 unspecified atom stereocenters. The molecule has 0 aliphatic carbocycles. The lowest BCUT2D eigenvalue weighted by molar-refractivity contribution is 0.137. The average Bonchev–Trinajstić information content (AvgIpc) is 0.811. The average molecular weight is 102 g/mol. The molecule has 0 amide bonds. The Labute approximate surface area is 53.1 Å². The molecule has 0 aromatic carbocycles. The molecule has 0 aliphatic heterocycles. The second-order valence-electron chi connectivity index (χ2n) is 0.283. The van der Waals surface area contributed by atoms with Gasteiger partial charge in [-0.15, -0.1) is 0 Å². The van der Waals surface area contributed by atoms with E-state index in [0.29, 0.717) is 0 Å². The molecule has 5 heteroatoms. The highest BCUT2D eigenvalue weighted by molar-refractivity contribution is 5.76. The van der Waals surface area contributed by atoms with Gasteiger partial charge in [-0.25, -0.2) is 4.79 Å². The van der Waals surface area contributed by atoms with E-state index < -0.39 is 6.16 Å². The van der Waals surface area contributed by atoms with Crippen LogP contribution in [0.2, 0.25) is 0 Å². The van der Waals surface area contributed by atoms with Gasteiger partial charge in [0.05, 0.1) is 8.41 Å². The van der Waals surface area contributed by atoms with E-state index in [2.05, 4.69) is 0 Å². The topological polar surface area (TPSA) is 57.5 Å². The fourth-order valence-electron chi connectivity index (χ4n) is 0. The summed E-state index contributed by atoms with van der Waals surface area (Å²) in [7, 11) is 0. The van der Waals surface area contributed by atoms with E-state index in [4.69, 9.17) is 15.0 Å². The van der Waals surface area contributed by atoms with Crippen LogP contribution in [0.15, 0.2) is 0 Å². The maximum Gasteiger partial charge on any atom is 0.503 e. The van der Waals surface area contributed by atoms with E-state index in [-0.39, 0.29) is 31.5 Å². The van der Waals surface area contributed by atoms with Gasteiger partial charge in [0.25, 0.3) is 0 Å². The van der Waals surface area contributed by atoms with Gasteiger partial charge < -0.3 is 10.2 Å². The van der Waals surface area contributed by atoms with E-state index in [0.717, 1.165) is 0 Å². The van der Waals surface area contributed by atoms with Crippen molar-refractivity contribution in [3.05, 3.63) is 0 Å². The van der Waals surface area contributed by atoms with E-state index in [1.165, 1.54) is 0 Å². The molecule has 0 atom stereocenters. The van der Waals surface area contributed by atoms with Crippen LogP contribution in [0.4, 0.5) is 4.79 Å². The minimum absolute atomic E-state index is 0. The highest BCUT2D eigenvalue weighted by Gasteiger charge is 1.70. The molecule has 0 aromatic heterocycles. The van der Waals surface area contributed by atoms with Crippen LogP contribution in [0.25, 0.3) is 0 Å². The summed E-state index contributed by atoms with van der Waals surface area (Å²) in [4.78, 5) is 8.56. The van der Waals surface area contributed by atoms with Crippen LogP contribution in [0.3, 0.4) is 0 Å². The molecule has 0 rings (SSSR count). The van der Waals surface area contributed by atoms with Gasteiger partial charge in [0, 0.05) is 0 Å². The lowest BCUT2D eigenvalue weighted by Gasteiger charge is -1.60. The number of hydrogen-bond donors (Lipinski definition) is 2. The Kier molecular flexibility index (Phi) is 24.5. The summed E-state index contributed by atoms with van der Waals surface area (Å²) in [6.45, 7) is 0. The van der Waals surface area contributed by atoms with Gasteiger partial charge in [-0.2, -0.15) is 0 Å². The molecular weight excluding hydrogens is 95.1 g/mol. The Morgan fingerprint density at radius 2 is 1.33 bits per heavy atom. The summed E-state index contributed by atoms with van der Waals surface area (Å²) in [6.07, 6.45) is -1.83. The molecule has 34 valence electrons. The van der Waals surface area contributed by atoms with Crippen molar-refractivity contribution in [2.45, 2.75) is 0 Å². The first-order chi connectivity index (χ1) is 1.73. The smallest absolute Gasteiger partial charge is 0.450 e. The van der Waals surface area contributed by atoms with Crippen LogP contribution in [0.5, 0.6) is 0 Å². The number of hydrogen-bond acceptors (Lipinski definition) is 1. The second-order valence-corrected chi connectivity index (χ2v) is 0.283. The SMILES string of the molecule is B.O=C(O)O.[MgH2]. The summed E-state index contributed by atoms with van der Waals surface area (Å²) in [6, 6.07) is 0. The first kappa shape index (κ1) is 16.5. The Balaban J connectivity index is -0.0000000450. The Hall–Kier alpha value is 0.101. The first-order valence-electron chi connectivity index (χ1n) is 0.651. The molecule has 6 heavy (non-hydrogen) atoms. The molecule has 0 spiro atoms. The monoisotopic (exact) mass is 102 g/mol. The predicted octanol–water partition coefficient (Wildman–Crippen LogP) is -1.88. The van der Waals surface area contributed by atoms with E-state index in [9.17, 15) is 0 Å². The molecular formula is CH7BMgO3. The van der Waals surface area contributed by atoms with Crippen LogP contribution >= 0.6 is 0 Å². The van der Waals surface area contributed by atoms with Crippen LogP contribution in [-0.2, 0) is 0 Å². The van der Waals surface area contributed by atoms with Crippen molar-refractivity contribution in [1.82, 2.24) is 0 Å². The Morgan fingerprint density at radius 1 is 1.33 bits per heavy atom. The molecule has 2 N–H and O–H groups in total. The molecule has 0 saturated heterocycles. The fraction of sp³-hybridized carbons (Fsp3) is 0. The van der Waals surface area contributed by atoms with Gasteiger partial charge in [0.1, 0.15) is 0 Å². The zero-order chi connectivity index (χ0) is 3.58. The summed E-state index contributed by atoms with van der Waals surface area (Å²) >= 11 is 0. The van der Waals surface area contributed by atoms with E-state index in [1.54, 1.807) is 0 Å². The van der Waals surface area contributed by atoms with Crippen molar-refractivity contribution in [2.24, 2.45) is 0 Å². The summed E-state index contributed by atoms with van der Waals surface area (Å²) in [5.41, 5.74) is 0. The first-order valence-corrected chi connectivity index (χ1v) is 0.651. The van der Waals surface area contributed by atoms with Crippen molar-refractivity contribution in [1.29, 1.82) is 0 Å². The van der Waals surface area contributed by atoms with Gasteiger partial charge in [-0.1, -0.05) is 0 Å². The van der Waals surface area contributed by atoms with Gasteiger partial charge in [0.2, 0.25) is 0 Å². The maximum atomic E-state index is 8.56. The standard InChI is InChI=1S/CH2O3.BH3.Mg.2H/c2-1(3)4;;;;/h(H2,2,3,4);1H3;;;. The lowest BCUT2D eigenvalue weighted by atomic mass is 10.8. The fourth-order valence-corrected chi connectivity index (χ4v) is 0. The van der Waals surface area contributed by atoms with Gasteiger partial charge in [-0.3, -0.25) is 0 Å². The Bertz CT molecular complexity index is 33.8. The van der Waals surface area contributed by atoms with Crippen molar-refractivity contribution < 1.29 is 15.0 Å². The molecule has 0 fully saturated rings. The van der Waals surface area contributed by atoms with Crippen LogP contribution in [0, 0.1) is 0 Å². The number of rotatable bonds is 0. The molecule has 0 radical (unpaired) electrons. The minimum Gasteiger partial charge on any atom is -0.450 e. The molecule has 0 aromatic rings. The Morgan fingerprint density at radius 3 is 1.33 bits per heavy atom. The van der Waals surface area contributed by atoms with Crippen LogP contribution in [0.1, 0.15) is 0 Å². The predicted molar refractivity (Wildman–Crippen MR) is 29.1 cm³/mol. The second kappa shape index (κ2) is 8.92. The molecule has 3 nitrogen and oxygen atoms in total. The highest BCUT2D eigenvalue weighted by atomic mass is 24.3. The third-order valence-corrected chi connectivity index (χ3v) is 0. The molecule has 0 bridgehead atoms. The van der Waals surface area contributed by atoms with Crippen molar-refractivity contribution in [2.75, 3.05) is 0 Å². The van der Waals surface area contributed by atoms with E-state index in [1.807, 2.05) is 0 Å². The maximum absolute atomic E-state index is 8.56. The quantitative estimate of drug-likeness (QED) is 0.352. The van der Waals surface area contributed by atoms with Gasteiger partial charge in [-0.05, 0) is 0 Å². The zero-order valence-corrected chi connectivity index (χ0v) is 1.80.